The first-order chi connectivity index (χ1) is 17.3. The van der Waals surface area contributed by atoms with Gasteiger partial charge in [-0.2, -0.15) is 5.26 Å². The van der Waals surface area contributed by atoms with Crippen molar-refractivity contribution in [2.45, 2.75) is 12.8 Å². The molecule has 0 bridgehead atoms. The number of ether oxygens (including phenoxy) is 2. The van der Waals surface area contributed by atoms with Gasteiger partial charge in [0, 0.05) is 11.4 Å². The number of carbonyl (C=O) groups is 2. The molecule has 0 spiro atoms. The van der Waals surface area contributed by atoms with Crippen LogP contribution in [-0.4, -0.2) is 36.5 Å². The number of thioether (sulfide) groups is 1. The zero-order valence-corrected chi connectivity index (χ0v) is 20.4. The van der Waals surface area contributed by atoms with Crippen molar-refractivity contribution in [3.05, 3.63) is 88.4 Å². The number of nitrogens with one attached hydrogen (secondary N) is 2. The number of nitriles is 1. The minimum Gasteiger partial charge on any atom is -0.504 e. The second-order valence-corrected chi connectivity index (χ2v) is 8.60. The Balaban J connectivity index is 1.94. The highest BCUT2D eigenvalue weighted by molar-refractivity contribution is 8.03. The number of halogens is 1. The molecular formula is C26H24FN3O5S. The Labute approximate surface area is 212 Å². The minimum absolute atomic E-state index is 0.0159. The lowest BCUT2D eigenvalue weighted by Crippen LogP contribution is -2.29. The number of aromatic hydroxyl groups is 1. The number of esters is 1. The first-order valence-electron chi connectivity index (χ1n) is 10.7. The fourth-order valence-electron chi connectivity index (χ4n) is 3.58. The lowest BCUT2D eigenvalue weighted by Gasteiger charge is -2.29. The number of rotatable bonds is 9. The van der Waals surface area contributed by atoms with Crippen molar-refractivity contribution < 1.29 is 28.6 Å². The lowest BCUT2D eigenvalue weighted by molar-refractivity contribution is -0.138. The normalized spacial score (nSPS) is 15.0. The van der Waals surface area contributed by atoms with E-state index < -0.39 is 17.7 Å². The predicted octanol–water partition coefficient (Wildman–Crippen LogP) is 4.34. The molecule has 0 saturated carbocycles. The second-order valence-electron chi connectivity index (χ2n) is 7.61. The summed E-state index contributed by atoms with van der Waals surface area (Å²) in [5.74, 6) is -2.24. The Bertz CT molecular complexity index is 1280. The summed E-state index contributed by atoms with van der Waals surface area (Å²) in [6, 6.07) is 12.1. The lowest BCUT2D eigenvalue weighted by atomic mass is 9.82. The molecule has 0 radical (unpaired) electrons. The maximum atomic E-state index is 13.1. The second kappa shape index (κ2) is 12.0. The zero-order chi connectivity index (χ0) is 26.2. The SMILES string of the molecule is C=CCOC(=O)C1=C(C)NC(SCC(=O)Nc2ccc(F)cc2)=C(C#N)[C@@H]1c1ccc(O)c(OC)c1. The predicted molar refractivity (Wildman–Crippen MR) is 135 cm³/mol. The summed E-state index contributed by atoms with van der Waals surface area (Å²) in [5.41, 5.74) is 1.80. The summed E-state index contributed by atoms with van der Waals surface area (Å²) in [6.45, 7) is 5.20. The van der Waals surface area contributed by atoms with Gasteiger partial charge in [-0.1, -0.05) is 30.5 Å². The van der Waals surface area contributed by atoms with E-state index in [9.17, 15) is 24.3 Å². The topological polar surface area (TPSA) is 121 Å². The fraction of sp³-hybridized carbons (Fsp3) is 0.192. The fourth-order valence-corrected chi connectivity index (χ4v) is 4.48. The van der Waals surface area contributed by atoms with Crippen LogP contribution in [0.25, 0.3) is 0 Å². The van der Waals surface area contributed by atoms with Crippen LogP contribution >= 0.6 is 11.8 Å². The van der Waals surface area contributed by atoms with Crippen LogP contribution in [0.15, 0.2) is 77.0 Å². The van der Waals surface area contributed by atoms with Crippen molar-refractivity contribution in [2.24, 2.45) is 0 Å². The van der Waals surface area contributed by atoms with E-state index in [-0.39, 0.29) is 40.9 Å². The van der Waals surface area contributed by atoms with E-state index in [2.05, 4.69) is 23.3 Å². The van der Waals surface area contributed by atoms with Gasteiger partial charge in [0.05, 0.1) is 41.0 Å². The Morgan fingerprint density at radius 1 is 1.31 bits per heavy atom. The van der Waals surface area contributed by atoms with E-state index in [4.69, 9.17) is 9.47 Å². The summed E-state index contributed by atoms with van der Waals surface area (Å²) in [5, 5.41) is 26.2. The van der Waals surface area contributed by atoms with Crippen LogP contribution in [0.5, 0.6) is 11.5 Å². The van der Waals surface area contributed by atoms with Gasteiger partial charge in [0.25, 0.3) is 0 Å². The maximum Gasteiger partial charge on any atom is 0.337 e. The highest BCUT2D eigenvalue weighted by atomic mass is 32.2. The Hall–Kier alpha value is -4.23. The number of hydrogen-bond acceptors (Lipinski definition) is 8. The molecule has 8 nitrogen and oxygen atoms in total. The van der Waals surface area contributed by atoms with Crippen molar-refractivity contribution in [1.29, 1.82) is 5.26 Å². The number of carbonyl (C=O) groups excluding carboxylic acids is 2. The van der Waals surface area contributed by atoms with Gasteiger partial charge < -0.3 is 25.2 Å². The maximum absolute atomic E-state index is 13.1. The summed E-state index contributed by atoms with van der Waals surface area (Å²) in [7, 11) is 1.39. The molecule has 2 aromatic rings. The van der Waals surface area contributed by atoms with Gasteiger partial charge in [0.1, 0.15) is 12.4 Å². The average Bonchev–Trinajstić information content (AvgIpc) is 2.87. The summed E-state index contributed by atoms with van der Waals surface area (Å²) in [6.07, 6.45) is 1.44. The number of hydrogen-bond donors (Lipinski definition) is 3. The number of dihydropyridines is 1. The number of anilines is 1. The van der Waals surface area contributed by atoms with E-state index in [1.807, 2.05) is 0 Å². The largest absolute Gasteiger partial charge is 0.504 e. The third-order valence-electron chi connectivity index (χ3n) is 5.21. The molecule has 10 heteroatoms. The molecular weight excluding hydrogens is 485 g/mol. The number of allylic oxidation sites excluding steroid dienone is 2. The van der Waals surface area contributed by atoms with E-state index in [0.29, 0.717) is 22.0 Å². The van der Waals surface area contributed by atoms with Crippen molar-refractivity contribution in [3.8, 4) is 17.6 Å². The molecule has 1 aliphatic rings. The number of phenolic OH excluding ortho intramolecular Hbond substituents is 1. The van der Waals surface area contributed by atoms with Crippen molar-refractivity contribution >= 4 is 29.3 Å². The first kappa shape index (κ1) is 26.4. The molecule has 186 valence electrons. The molecule has 1 amide bonds. The van der Waals surface area contributed by atoms with Crippen molar-refractivity contribution in [1.82, 2.24) is 5.32 Å². The molecule has 1 aliphatic heterocycles. The standard InChI is InChI=1S/C26H24FN3O5S/c1-4-11-35-26(33)23-15(2)29-25(36-14-22(32)30-18-8-6-17(27)7-9-18)19(13-28)24(23)16-5-10-20(31)21(12-16)34-3/h4-10,12,24,29,31H,1,11,14H2,2-3H3,(H,30,32)/t24-/m0/s1. The average molecular weight is 510 g/mol. The highest BCUT2D eigenvalue weighted by Crippen LogP contribution is 2.43. The van der Waals surface area contributed by atoms with Crippen LogP contribution in [0.4, 0.5) is 10.1 Å². The molecule has 0 fully saturated rings. The van der Waals surface area contributed by atoms with Gasteiger partial charge in [-0.25, -0.2) is 9.18 Å². The smallest absolute Gasteiger partial charge is 0.337 e. The van der Waals surface area contributed by atoms with Gasteiger partial charge in [0.15, 0.2) is 11.5 Å². The van der Waals surface area contributed by atoms with E-state index in [1.165, 1.54) is 43.5 Å². The van der Waals surface area contributed by atoms with E-state index in [0.717, 1.165) is 11.8 Å². The summed E-state index contributed by atoms with van der Waals surface area (Å²) < 4.78 is 23.6. The number of benzene rings is 2. The highest BCUT2D eigenvalue weighted by Gasteiger charge is 2.36. The zero-order valence-electron chi connectivity index (χ0n) is 19.6. The van der Waals surface area contributed by atoms with Crippen LogP contribution in [0.2, 0.25) is 0 Å². The van der Waals surface area contributed by atoms with E-state index in [1.54, 1.807) is 19.1 Å². The Morgan fingerprint density at radius 3 is 2.67 bits per heavy atom. The molecule has 0 unspecified atom stereocenters. The van der Waals surface area contributed by atoms with Crippen molar-refractivity contribution in [2.75, 3.05) is 24.8 Å². The molecule has 1 heterocycles. The third kappa shape index (κ3) is 6.06. The molecule has 1 atom stereocenters. The Morgan fingerprint density at radius 2 is 2.03 bits per heavy atom. The first-order valence-corrected chi connectivity index (χ1v) is 11.7. The molecule has 0 aliphatic carbocycles. The quantitative estimate of drug-likeness (QED) is 0.337. The molecule has 2 aromatic carbocycles. The molecule has 0 aromatic heterocycles. The third-order valence-corrected chi connectivity index (χ3v) is 6.23. The summed E-state index contributed by atoms with van der Waals surface area (Å²) >= 11 is 1.08. The van der Waals surface area contributed by atoms with Gasteiger partial charge >= 0.3 is 5.97 Å². The van der Waals surface area contributed by atoms with Gasteiger partial charge in [0.2, 0.25) is 5.91 Å². The van der Waals surface area contributed by atoms with Crippen LogP contribution in [0.3, 0.4) is 0 Å². The molecule has 0 saturated heterocycles. The van der Waals surface area contributed by atoms with Crippen LogP contribution < -0.4 is 15.4 Å². The van der Waals surface area contributed by atoms with Crippen LogP contribution in [0.1, 0.15) is 18.4 Å². The van der Waals surface area contributed by atoms with Gasteiger partial charge in [-0.05, 0) is 48.9 Å². The monoisotopic (exact) mass is 509 g/mol. The Kier molecular flexibility index (Phi) is 8.76. The van der Waals surface area contributed by atoms with Crippen molar-refractivity contribution in [3.63, 3.8) is 0 Å². The number of nitrogens with zero attached hydrogens (tertiary/aromatic N) is 1. The minimum atomic E-state index is -0.842. The number of phenols is 1. The van der Waals surface area contributed by atoms with Crippen LogP contribution in [0, 0.1) is 17.1 Å². The van der Waals surface area contributed by atoms with Crippen LogP contribution in [-0.2, 0) is 14.3 Å². The molecule has 3 N–H and O–H groups in total. The number of methoxy groups -OCH3 is 1. The molecule has 36 heavy (non-hydrogen) atoms. The number of amides is 1. The molecule has 3 rings (SSSR count). The van der Waals surface area contributed by atoms with Gasteiger partial charge in [-0.15, -0.1) is 0 Å². The van der Waals surface area contributed by atoms with E-state index >= 15 is 0 Å². The summed E-state index contributed by atoms with van der Waals surface area (Å²) in [4.78, 5) is 25.4. The van der Waals surface area contributed by atoms with Gasteiger partial charge in [-0.3, -0.25) is 4.79 Å².